The highest BCUT2D eigenvalue weighted by Crippen LogP contribution is 2.03. The Bertz CT molecular complexity index is 216. The number of hydrogen-bond acceptors (Lipinski definition) is 4. The molecule has 5 nitrogen and oxygen atoms in total. The van der Waals surface area contributed by atoms with Gasteiger partial charge in [-0.3, -0.25) is 4.79 Å². The van der Waals surface area contributed by atoms with Gasteiger partial charge in [-0.25, -0.2) is 0 Å². The highest BCUT2D eigenvalue weighted by atomic mass is 35.5. The maximum Gasteiger partial charge on any atom is 0.241 e. The summed E-state index contributed by atoms with van der Waals surface area (Å²) >= 11 is 0. The molecule has 0 aromatic carbocycles. The third kappa shape index (κ3) is 4.65. The van der Waals surface area contributed by atoms with Gasteiger partial charge in [0.05, 0.1) is 6.61 Å². The molecule has 1 unspecified atom stereocenters. The Balaban J connectivity index is 0.00000225. The lowest BCUT2D eigenvalue weighted by molar-refractivity contribution is -0.133. The fraction of sp³-hybridized carbons (Fsp3) is 0.900. The van der Waals surface area contributed by atoms with Gasteiger partial charge in [0, 0.05) is 26.7 Å². The number of methoxy groups -OCH3 is 1. The van der Waals surface area contributed by atoms with Crippen molar-refractivity contribution >= 4 is 18.3 Å². The molecule has 1 aliphatic heterocycles. The molecule has 1 saturated heterocycles. The highest BCUT2D eigenvalue weighted by Gasteiger charge is 2.22. The van der Waals surface area contributed by atoms with Crippen LogP contribution in [0.15, 0.2) is 0 Å². The van der Waals surface area contributed by atoms with E-state index in [1.807, 2.05) is 4.90 Å². The molecule has 0 bridgehead atoms. The lowest BCUT2D eigenvalue weighted by Crippen LogP contribution is -2.47. The zero-order chi connectivity index (χ0) is 11.3. The summed E-state index contributed by atoms with van der Waals surface area (Å²) in [7, 11) is 3.63. The summed E-state index contributed by atoms with van der Waals surface area (Å²) in [6, 6.07) is -0.515. The van der Waals surface area contributed by atoms with Gasteiger partial charge < -0.3 is 20.3 Å². The second kappa shape index (κ2) is 7.84. The topological polar surface area (TPSA) is 58.8 Å². The zero-order valence-corrected chi connectivity index (χ0v) is 10.8. The number of nitrogens with zero attached hydrogens (tertiary/aromatic N) is 2. The summed E-state index contributed by atoms with van der Waals surface area (Å²) in [5.41, 5.74) is 5.71. The predicted octanol–water partition coefficient (Wildman–Crippen LogP) is -0.454. The summed E-state index contributed by atoms with van der Waals surface area (Å²) in [4.78, 5) is 15.9. The van der Waals surface area contributed by atoms with Crippen molar-refractivity contribution < 1.29 is 9.53 Å². The highest BCUT2D eigenvalue weighted by molar-refractivity contribution is 5.85. The standard InChI is InChI=1S/C10H21N3O2.ClH/c1-12-4-3-5-13(7-6-12)10(14)9(11)8-15-2;/h9H,3-8,11H2,1-2H3;1H. The van der Waals surface area contributed by atoms with E-state index in [2.05, 4.69) is 11.9 Å². The van der Waals surface area contributed by atoms with Crippen LogP contribution in [0.4, 0.5) is 0 Å². The third-order valence-corrected chi connectivity index (χ3v) is 2.69. The van der Waals surface area contributed by atoms with Crippen LogP contribution in [0.25, 0.3) is 0 Å². The lowest BCUT2D eigenvalue weighted by Gasteiger charge is -2.23. The number of hydrogen-bond donors (Lipinski definition) is 1. The summed E-state index contributed by atoms with van der Waals surface area (Å²) in [6.45, 7) is 3.84. The van der Waals surface area contributed by atoms with Crippen LogP contribution in [0, 0.1) is 0 Å². The quantitative estimate of drug-likeness (QED) is 0.738. The molecule has 2 N–H and O–H groups in total. The lowest BCUT2D eigenvalue weighted by atomic mass is 10.2. The molecule has 0 spiro atoms. The number of amides is 1. The molecule has 16 heavy (non-hydrogen) atoms. The Morgan fingerprint density at radius 2 is 2.06 bits per heavy atom. The van der Waals surface area contributed by atoms with Crippen LogP contribution < -0.4 is 5.73 Å². The van der Waals surface area contributed by atoms with E-state index in [4.69, 9.17) is 10.5 Å². The normalized spacial score (nSPS) is 19.8. The molecule has 1 rings (SSSR count). The third-order valence-electron chi connectivity index (χ3n) is 2.69. The average Bonchev–Trinajstić information content (AvgIpc) is 2.42. The van der Waals surface area contributed by atoms with Crippen LogP contribution in [-0.2, 0) is 9.53 Å². The monoisotopic (exact) mass is 251 g/mol. The van der Waals surface area contributed by atoms with Crippen LogP contribution >= 0.6 is 12.4 Å². The molecule has 1 amide bonds. The summed E-state index contributed by atoms with van der Waals surface area (Å²) in [5, 5.41) is 0. The molecular weight excluding hydrogens is 230 g/mol. The van der Waals surface area contributed by atoms with Crippen LogP contribution in [0.2, 0.25) is 0 Å². The molecule has 0 aliphatic carbocycles. The van der Waals surface area contributed by atoms with Crippen molar-refractivity contribution in [2.24, 2.45) is 5.73 Å². The Labute approximate surface area is 103 Å². The van der Waals surface area contributed by atoms with E-state index in [9.17, 15) is 4.79 Å². The van der Waals surface area contributed by atoms with Crippen molar-refractivity contribution in [2.45, 2.75) is 12.5 Å². The number of carbonyl (C=O) groups is 1. The minimum absolute atomic E-state index is 0. The van der Waals surface area contributed by atoms with Crippen molar-refractivity contribution in [3.63, 3.8) is 0 Å². The number of ether oxygens (including phenoxy) is 1. The Morgan fingerprint density at radius 1 is 1.38 bits per heavy atom. The van der Waals surface area contributed by atoms with Gasteiger partial charge in [-0.05, 0) is 20.0 Å². The maximum absolute atomic E-state index is 11.8. The Morgan fingerprint density at radius 3 is 2.69 bits per heavy atom. The number of carbonyl (C=O) groups excluding carboxylic acids is 1. The molecule has 1 fully saturated rings. The summed E-state index contributed by atoms with van der Waals surface area (Å²) in [6.07, 6.45) is 1.02. The summed E-state index contributed by atoms with van der Waals surface area (Å²) < 4.78 is 4.89. The van der Waals surface area contributed by atoms with E-state index in [1.54, 1.807) is 7.11 Å². The van der Waals surface area contributed by atoms with Crippen LogP contribution in [0.1, 0.15) is 6.42 Å². The predicted molar refractivity (Wildman–Crippen MR) is 65.8 cm³/mol. The van der Waals surface area contributed by atoms with E-state index in [-0.39, 0.29) is 18.3 Å². The van der Waals surface area contributed by atoms with Crippen molar-refractivity contribution in [3.8, 4) is 0 Å². The number of halogens is 1. The molecular formula is C10H22ClN3O2. The molecule has 6 heteroatoms. The van der Waals surface area contributed by atoms with Crippen molar-refractivity contribution in [1.29, 1.82) is 0 Å². The molecule has 0 aromatic rings. The van der Waals surface area contributed by atoms with E-state index in [0.717, 1.165) is 32.6 Å². The largest absolute Gasteiger partial charge is 0.383 e. The zero-order valence-electron chi connectivity index (χ0n) is 10.0. The van der Waals surface area contributed by atoms with E-state index >= 15 is 0 Å². The minimum Gasteiger partial charge on any atom is -0.383 e. The second-order valence-corrected chi connectivity index (χ2v) is 4.04. The first-order valence-electron chi connectivity index (χ1n) is 5.37. The molecule has 1 aliphatic rings. The van der Waals surface area contributed by atoms with Crippen molar-refractivity contribution in [3.05, 3.63) is 0 Å². The molecule has 1 heterocycles. The molecule has 96 valence electrons. The average molecular weight is 252 g/mol. The fourth-order valence-corrected chi connectivity index (χ4v) is 1.75. The Hall–Kier alpha value is -0.360. The first-order valence-corrected chi connectivity index (χ1v) is 5.37. The van der Waals surface area contributed by atoms with E-state index in [0.29, 0.717) is 6.61 Å². The van der Waals surface area contributed by atoms with Crippen molar-refractivity contribution in [2.75, 3.05) is 46.9 Å². The number of likely N-dealkylation sites (N-methyl/N-ethyl adjacent to an activating group) is 1. The maximum atomic E-state index is 11.8. The molecule has 0 radical (unpaired) electrons. The van der Waals surface area contributed by atoms with Gasteiger partial charge in [0.15, 0.2) is 0 Å². The van der Waals surface area contributed by atoms with Gasteiger partial charge in [0.2, 0.25) is 5.91 Å². The Kier molecular flexibility index (Phi) is 7.66. The smallest absolute Gasteiger partial charge is 0.241 e. The van der Waals surface area contributed by atoms with Gasteiger partial charge in [0.1, 0.15) is 6.04 Å². The van der Waals surface area contributed by atoms with Crippen molar-refractivity contribution in [1.82, 2.24) is 9.80 Å². The number of rotatable bonds is 3. The van der Waals surface area contributed by atoms with E-state index < -0.39 is 6.04 Å². The van der Waals surface area contributed by atoms with Crippen LogP contribution in [-0.4, -0.2) is 68.7 Å². The number of nitrogens with two attached hydrogens (primary N) is 1. The van der Waals surface area contributed by atoms with Gasteiger partial charge >= 0.3 is 0 Å². The van der Waals surface area contributed by atoms with Crippen LogP contribution in [0.5, 0.6) is 0 Å². The molecule has 0 aromatic heterocycles. The van der Waals surface area contributed by atoms with Gasteiger partial charge in [-0.15, -0.1) is 12.4 Å². The SMILES string of the molecule is COCC(N)C(=O)N1CCCN(C)CC1.Cl. The second-order valence-electron chi connectivity index (χ2n) is 4.04. The molecule has 1 atom stereocenters. The first-order chi connectivity index (χ1) is 7.15. The fourth-order valence-electron chi connectivity index (χ4n) is 1.75. The van der Waals surface area contributed by atoms with E-state index in [1.165, 1.54) is 0 Å². The molecule has 0 saturated carbocycles. The van der Waals surface area contributed by atoms with Gasteiger partial charge in [-0.1, -0.05) is 0 Å². The van der Waals surface area contributed by atoms with Crippen LogP contribution in [0.3, 0.4) is 0 Å². The van der Waals surface area contributed by atoms with Gasteiger partial charge in [0.25, 0.3) is 0 Å². The summed E-state index contributed by atoms with van der Waals surface area (Å²) in [5.74, 6) is 0.00662. The first kappa shape index (κ1) is 15.6. The van der Waals surface area contributed by atoms with Gasteiger partial charge in [-0.2, -0.15) is 0 Å². The minimum atomic E-state index is -0.515.